The van der Waals surface area contributed by atoms with Crippen LogP contribution in [0.15, 0.2) is 0 Å². The molecule has 0 aromatic carbocycles. The van der Waals surface area contributed by atoms with Gasteiger partial charge in [0.15, 0.2) is 5.79 Å². The summed E-state index contributed by atoms with van der Waals surface area (Å²) < 4.78 is 17.5. The first-order valence-electron chi connectivity index (χ1n) is 8.16. The maximum absolute atomic E-state index is 5.95. The Morgan fingerprint density at radius 2 is 2.00 bits per heavy atom. The number of hydrogen-bond acceptors (Lipinski definition) is 5. The summed E-state index contributed by atoms with van der Waals surface area (Å²) >= 11 is 0. The number of nitrogens with zero attached hydrogens (tertiary/aromatic N) is 1. The van der Waals surface area contributed by atoms with Crippen LogP contribution in [0.25, 0.3) is 0 Å². The van der Waals surface area contributed by atoms with Crippen molar-refractivity contribution in [1.29, 1.82) is 0 Å². The first-order chi connectivity index (χ1) is 9.83. The summed E-state index contributed by atoms with van der Waals surface area (Å²) in [5, 5.41) is 3.67. The summed E-state index contributed by atoms with van der Waals surface area (Å²) in [6.07, 6.45) is 4.27. The molecule has 3 aliphatic rings. The molecule has 5 heteroatoms. The molecule has 1 N–H and O–H groups in total. The quantitative estimate of drug-likeness (QED) is 0.837. The molecule has 1 saturated carbocycles. The van der Waals surface area contributed by atoms with Crippen LogP contribution in [0.5, 0.6) is 0 Å². The zero-order valence-corrected chi connectivity index (χ0v) is 12.6. The molecule has 0 aromatic rings. The molecule has 2 unspecified atom stereocenters. The second-order valence-electron chi connectivity index (χ2n) is 6.08. The topological polar surface area (TPSA) is 43.0 Å². The van der Waals surface area contributed by atoms with Crippen LogP contribution in [-0.4, -0.2) is 68.8 Å². The largest absolute Gasteiger partial charge is 0.380 e. The predicted molar refractivity (Wildman–Crippen MR) is 76.7 cm³/mol. The van der Waals surface area contributed by atoms with Crippen LogP contribution >= 0.6 is 0 Å². The van der Waals surface area contributed by atoms with Crippen molar-refractivity contribution in [2.45, 2.75) is 50.5 Å². The van der Waals surface area contributed by atoms with Crippen molar-refractivity contribution in [3.05, 3.63) is 0 Å². The van der Waals surface area contributed by atoms with E-state index in [9.17, 15) is 0 Å². The lowest BCUT2D eigenvalue weighted by Crippen LogP contribution is -2.58. The van der Waals surface area contributed by atoms with E-state index >= 15 is 0 Å². The lowest BCUT2D eigenvalue weighted by molar-refractivity contribution is -0.193. The molecule has 0 radical (unpaired) electrons. The van der Waals surface area contributed by atoms with E-state index in [0.29, 0.717) is 12.1 Å². The van der Waals surface area contributed by atoms with E-state index in [1.54, 1.807) is 0 Å². The van der Waals surface area contributed by atoms with Crippen molar-refractivity contribution >= 4 is 0 Å². The number of ether oxygens (including phenoxy) is 3. The summed E-state index contributed by atoms with van der Waals surface area (Å²) in [4.78, 5) is 2.59. The molecular formula is C15H28N2O3. The van der Waals surface area contributed by atoms with Crippen LogP contribution < -0.4 is 5.32 Å². The average molecular weight is 284 g/mol. The molecule has 20 heavy (non-hydrogen) atoms. The highest BCUT2D eigenvalue weighted by Crippen LogP contribution is 2.38. The van der Waals surface area contributed by atoms with E-state index in [2.05, 4.69) is 17.1 Å². The Bertz CT molecular complexity index is 299. The molecule has 0 amide bonds. The van der Waals surface area contributed by atoms with Gasteiger partial charge in [0.05, 0.1) is 19.8 Å². The molecule has 1 spiro atoms. The molecule has 3 rings (SSSR count). The lowest BCUT2D eigenvalue weighted by atomic mass is 9.84. The van der Waals surface area contributed by atoms with E-state index in [1.165, 1.54) is 0 Å². The van der Waals surface area contributed by atoms with Crippen LogP contribution in [0, 0.1) is 0 Å². The molecule has 5 nitrogen and oxygen atoms in total. The number of hydrogen-bond donors (Lipinski definition) is 1. The van der Waals surface area contributed by atoms with Crippen LogP contribution in [0.1, 0.15) is 32.6 Å². The van der Waals surface area contributed by atoms with Gasteiger partial charge < -0.3 is 19.5 Å². The Morgan fingerprint density at radius 1 is 1.15 bits per heavy atom. The highest BCUT2D eigenvalue weighted by Gasteiger charge is 2.46. The minimum atomic E-state index is -0.302. The summed E-state index contributed by atoms with van der Waals surface area (Å²) in [5.74, 6) is -0.302. The zero-order chi connectivity index (χ0) is 13.8. The molecule has 1 aliphatic carbocycles. The number of nitrogens with one attached hydrogen (secondary N) is 1. The van der Waals surface area contributed by atoms with Crippen molar-refractivity contribution < 1.29 is 14.2 Å². The third-order valence-corrected chi connectivity index (χ3v) is 4.83. The first-order valence-corrected chi connectivity index (χ1v) is 8.16. The van der Waals surface area contributed by atoms with Crippen molar-refractivity contribution in [3.8, 4) is 0 Å². The van der Waals surface area contributed by atoms with Crippen LogP contribution in [-0.2, 0) is 14.2 Å². The second-order valence-corrected chi connectivity index (χ2v) is 6.08. The van der Waals surface area contributed by atoms with Crippen molar-refractivity contribution in [3.63, 3.8) is 0 Å². The Morgan fingerprint density at radius 3 is 2.80 bits per heavy atom. The van der Waals surface area contributed by atoms with Crippen molar-refractivity contribution in [2.24, 2.45) is 0 Å². The SMILES string of the molecule is CCNC1CCC2(CC1N1CCCOCC1)OCCO2. The monoisotopic (exact) mass is 284 g/mol. The normalized spacial score (nSPS) is 35.2. The summed E-state index contributed by atoms with van der Waals surface area (Å²) in [7, 11) is 0. The molecule has 116 valence electrons. The summed E-state index contributed by atoms with van der Waals surface area (Å²) in [6, 6.07) is 1.06. The van der Waals surface area contributed by atoms with Crippen LogP contribution in [0.2, 0.25) is 0 Å². The fourth-order valence-corrected chi connectivity index (χ4v) is 3.87. The van der Waals surface area contributed by atoms with E-state index < -0.39 is 0 Å². The van der Waals surface area contributed by atoms with Gasteiger partial charge in [-0.3, -0.25) is 4.90 Å². The van der Waals surface area contributed by atoms with Gasteiger partial charge in [0.2, 0.25) is 0 Å². The maximum Gasteiger partial charge on any atom is 0.170 e. The third kappa shape index (κ3) is 3.17. The predicted octanol–water partition coefficient (Wildman–Crippen LogP) is 0.982. The van der Waals surface area contributed by atoms with Crippen LogP contribution in [0.4, 0.5) is 0 Å². The van der Waals surface area contributed by atoms with Gasteiger partial charge in [0.25, 0.3) is 0 Å². The van der Waals surface area contributed by atoms with Gasteiger partial charge in [-0.1, -0.05) is 6.92 Å². The van der Waals surface area contributed by atoms with Crippen molar-refractivity contribution in [2.75, 3.05) is 46.1 Å². The molecule has 2 aliphatic heterocycles. The number of likely N-dealkylation sites (N-methyl/N-ethyl adjacent to an activating group) is 1. The minimum absolute atomic E-state index is 0.302. The van der Waals surface area contributed by atoms with Crippen LogP contribution in [0.3, 0.4) is 0 Å². The highest BCUT2D eigenvalue weighted by atomic mass is 16.7. The first kappa shape index (κ1) is 14.7. The Kier molecular flexibility index (Phi) is 4.94. The van der Waals surface area contributed by atoms with Gasteiger partial charge in [-0.25, -0.2) is 0 Å². The average Bonchev–Trinajstić information content (AvgIpc) is 2.75. The van der Waals surface area contributed by atoms with Gasteiger partial charge in [-0.05, 0) is 19.4 Å². The summed E-state index contributed by atoms with van der Waals surface area (Å²) in [5.41, 5.74) is 0. The minimum Gasteiger partial charge on any atom is -0.380 e. The third-order valence-electron chi connectivity index (χ3n) is 4.83. The van der Waals surface area contributed by atoms with Gasteiger partial charge >= 0.3 is 0 Å². The fraction of sp³-hybridized carbons (Fsp3) is 1.00. The van der Waals surface area contributed by atoms with Gasteiger partial charge in [0.1, 0.15) is 0 Å². The number of rotatable bonds is 3. The molecule has 0 aromatic heterocycles. The van der Waals surface area contributed by atoms with Gasteiger partial charge in [-0.15, -0.1) is 0 Å². The molecule has 3 fully saturated rings. The maximum atomic E-state index is 5.95. The highest BCUT2D eigenvalue weighted by molar-refractivity contribution is 4.96. The second kappa shape index (κ2) is 6.71. The molecule has 2 atom stereocenters. The Hall–Kier alpha value is -0.200. The fourth-order valence-electron chi connectivity index (χ4n) is 3.87. The molecule has 0 bridgehead atoms. The Balaban J connectivity index is 1.70. The smallest absolute Gasteiger partial charge is 0.170 e. The van der Waals surface area contributed by atoms with Gasteiger partial charge in [-0.2, -0.15) is 0 Å². The molecule has 2 saturated heterocycles. The molecular weight excluding hydrogens is 256 g/mol. The van der Waals surface area contributed by atoms with E-state index in [1.807, 2.05) is 0 Å². The van der Waals surface area contributed by atoms with E-state index in [0.717, 1.165) is 71.7 Å². The van der Waals surface area contributed by atoms with Crippen molar-refractivity contribution in [1.82, 2.24) is 10.2 Å². The van der Waals surface area contributed by atoms with Gasteiger partial charge in [0, 0.05) is 44.6 Å². The zero-order valence-electron chi connectivity index (χ0n) is 12.6. The Labute approximate surface area is 121 Å². The summed E-state index contributed by atoms with van der Waals surface area (Å²) in [6.45, 7) is 8.63. The standard InChI is InChI=1S/C15H28N2O3/c1-2-16-13-4-5-15(19-10-11-20-15)12-14(13)17-6-3-8-18-9-7-17/h13-14,16H,2-12H2,1H3. The lowest BCUT2D eigenvalue weighted by Gasteiger charge is -2.45. The molecule has 2 heterocycles. The van der Waals surface area contributed by atoms with E-state index in [-0.39, 0.29) is 5.79 Å². The van der Waals surface area contributed by atoms with E-state index in [4.69, 9.17) is 14.2 Å².